The molecule has 0 aliphatic rings. The summed E-state index contributed by atoms with van der Waals surface area (Å²) in [5, 5.41) is 22.1. The van der Waals surface area contributed by atoms with Crippen LogP contribution in [0.5, 0.6) is 0 Å². The minimum absolute atomic E-state index is 0.287. The molecule has 0 atom stereocenters. The molecular formula is C12H7ClN4. The Morgan fingerprint density at radius 1 is 1.18 bits per heavy atom. The van der Waals surface area contributed by atoms with E-state index in [0.29, 0.717) is 16.8 Å². The largest absolute Gasteiger partial charge is 0.221 e. The first-order valence-electron chi connectivity index (χ1n) is 4.83. The lowest BCUT2D eigenvalue weighted by atomic mass is 10.2. The molecule has 0 N–H and O–H groups in total. The summed E-state index contributed by atoms with van der Waals surface area (Å²) < 4.78 is 1.48. The minimum atomic E-state index is 0.287. The number of nitrogens with zero attached hydrogens (tertiary/aromatic N) is 4. The molecule has 0 aliphatic heterocycles. The molecule has 0 fully saturated rings. The third kappa shape index (κ3) is 1.87. The van der Waals surface area contributed by atoms with Gasteiger partial charge in [0.1, 0.15) is 11.6 Å². The highest BCUT2D eigenvalue weighted by atomic mass is 35.5. The smallest absolute Gasteiger partial charge is 0.150 e. The van der Waals surface area contributed by atoms with E-state index in [0.717, 1.165) is 5.69 Å². The van der Waals surface area contributed by atoms with Gasteiger partial charge in [0, 0.05) is 0 Å². The number of aryl methyl sites for hydroxylation is 1. The summed E-state index contributed by atoms with van der Waals surface area (Å²) in [6.07, 6.45) is 0. The van der Waals surface area contributed by atoms with Crippen molar-refractivity contribution in [2.24, 2.45) is 0 Å². The summed E-state index contributed by atoms with van der Waals surface area (Å²) in [7, 11) is 0. The summed E-state index contributed by atoms with van der Waals surface area (Å²) >= 11 is 6.05. The van der Waals surface area contributed by atoms with Gasteiger partial charge >= 0.3 is 0 Å². The van der Waals surface area contributed by atoms with E-state index < -0.39 is 0 Å². The molecule has 0 saturated carbocycles. The molecule has 0 amide bonds. The standard InChI is InChI=1S/C12H7ClN4/c1-8-11(7-15)12(13)17(16-8)10-4-2-9(6-14)3-5-10/h2-5H,1H3. The van der Waals surface area contributed by atoms with Gasteiger partial charge in [0.05, 0.1) is 23.0 Å². The van der Waals surface area contributed by atoms with Gasteiger partial charge in [-0.2, -0.15) is 15.6 Å². The fourth-order valence-corrected chi connectivity index (χ4v) is 1.79. The number of aromatic nitrogens is 2. The Labute approximate surface area is 103 Å². The van der Waals surface area contributed by atoms with Gasteiger partial charge in [-0.3, -0.25) is 0 Å². The van der Waals surface area contributed by atoms with Crippen molar-refractivity contribution in [2.45, 2.75) is 6.92 Å². The average Bonchev–Trinajstić information content (AvgIpc) is 2.64. The Morgan fingerprint density at radius 2 is 1.82 bits per heavy atom. The van der Waals surface area contributed by atoms with Gasteiger partial charge in [0.2, 0.25) is 0 Å². The van der Waals surface area contributed by atoms with E-state index in [1.54, 1.807) is 31.2 Å². The number of rotatable bonds is 1. The van der Waals surface area contributed by atoms with E-state index in [2.05, 4.69) is 5.10 Å². The van der Waals surface area contributed by atoms with Crippen LogP contribution in [0.1, 0.15) is 16.8 Å². The molecular weight excluding hydrogens is 236 g/mol. The first-order valence-corrected chi connectivity index (χ1v) is 5.21. The monoisotopic (exact) mass is 242 g/mol. The second-order valence-electron chi connectivity index (χ2n) is 3.43. The van der Waals surface area contributed by atoms with Crippen molar-refractivity contribution >= 4 is 11.6 Å². The average molecular weight is 243 g/mol. The van der Waals surface area contributed by atoms with Crippen LogP contribution in [-0.2, 0) is 0 Å². The second kappa shape index (κ2) is 4.29. The third-order valence-corrected chi connectivity index (χ3v) is 2.71. The van der Waals surface area contributed by atoms with E-state index in [9.17, 15) is 0 Å². The molecule has 1 aromatic heterocycles. The van der Waals surface area contributed by atoms with Gasteiger partial charge in [-0.1, -0.05) is 11.6 Å². The lowest BCUT2D eigenvalue weighted by molar-refractivity contribution is 0.863. The Hall–Kier alpha value is -2.30. The first-order chi connectivity index (χ1) is 8.17. The Balaban J connectivity index is 2.55. The molecule has 4 nitrogen and oxygen atoms in total. The first kappa shape index (κ1) is 11.2. The number of hydrogen-bond acceptors (Lipinski definition) is 3. The number of nitriles is 2. The molecule has 0 unspecified atom stereocenters. The van der Waals surface area contributed by atoms with Gasteiger partial charge in [0.15, 0.2) is 5.15 Å². The van der Waals surface area contributed by atoms with Crippen LogP contribution in [0.25, 0.3) is 5.69 Å². The van der Waals surface area contributed by atoms with Crippen LogP contribution in [0, 0.1) is 29.6 Å². The van der Waals surface area contributed by atoms with Gasteiger partial charge in [-0.25, -0.2) is 4.68 Å². The van der Waals surface area contributed by atoms with Crippen LogP contribution in [0.2, 0.25) is 5.15 Å². The molecule has 0 bridgehead atoms. The lowest BCUT2D eigenvalue weighted by Gasteiger charge is -2.02. The van der Waals surface area contributed by atoms with Gasteiger partial charge < -0.3 is 0 Å². The molecule has 82 valence electrons. The van der Waals surface area contributed by atoms with Crippen molar-refractivity contribution < 1.29 is 0 Å². The van der Waals surface area contributed by atoms with Crippen LogP contribution in [0.3, 0.4) is 0 Å². The maximum absolute atomic E-state index is 8.91. The van der Waals surface area contributed by atoms with Crippen molar-refractivity contribution in [3.8, 4) is 17.8 Å². The van der Waals surface area contributed by atoms with Crippen LogP contribution in [0.15, 0.2) is 24.3 Å². The Bertz CT molecular complexity index is 641. The van der Waals surface area contributed by atoms with E-state index in [-0.39, 0.29) is 5.15 Å². The minimum Gasteiger partial charge on any atom is -0.221 e. The lowest BCUT2D eigenvalue weighted by Crippen LogP contribution is -1.96. The topological polar surface area (TPSA) is 65.4 Å². The van der Waals surface area contributed by atoms with Crippen molar-refractivity contribution in [3.63, 3.8) is 0 Å². The normalized spacial score (nSPS) is 9.65. The molecule has 0 saturated heterocycles. The summed E-state index contributed by atoms with van der Waals surface area (Å²) in [5.41, 5.74) is 2.24. The summed E-state index contributed by atoms with van der Waals surface area (Å²) in [6, 6.07) is 10.9. The highest BCUT2D eigenvalue weighted by Crippen LogP contribution is 2.22. The fourth-order valence-electron chi connectivity index (χ4n) is 1.47. The maximum Gasteiger partial charge on any atom is 0.150 e. The van der Waals surface area contributed by atoms with E-state index >= 15 is 0 Å². The zero-order valence-electron chi connectivity index (χ0n) is 8.98. The Morgan fingerprint density at radius 3 is 2.29 bits per heavy atom. The highest BCUT2D eigenvalue weighted by Gasteiger charge is 2.13. The summed E-state index contributed by atoms with van der Waals surface area (Å²) in [4.78, 5) is 0. The predicted molar refractivity (Wildman–Crippen MR) is 62.7 cm³/mol. The van der Waals surface area contributed by atoms with Crippen LogP contribution >= 0.6 is 11.6 Å². The molecule has 0 aliphatic carbocycles. The third-order valence-electron chi connectivity index (χ3n) is 2.36. The molecule has 0 spiro atoms. The molecule has 1 aromatic carbocycles. The zero-order valence-corrected chi connectivity index (χ0v) is 9.73. The van der Waals surface area contributed by atoms with Gasteiger partial charge in [0.25, 0.3) is 0 Å². The van der Waals surface area contributed by atoms with Crippen molar-refractivity contribution in [1.82, 2.24) is 9.78 Å². The van der Waals surface area contributed by atoms with Gasteiger partial charge in [-0.05, 0) is 31.2 Å². The number of halogens is 1. The molecule has 5 heteroatoms. The quantitative estimate of drug-likeness (QED) is 0.772. The maximum atomic E-state index is 8.91. The summed E-state index contributed by atoms with van der Waals surface area (Å²) in [6.45, 7) is 1.73. The second-order valence-corrected chi connectivity index (χ2v) is 3.79. The molecule has 1 heterocycles. The van der Waals surface area contributed by atoms with E-state index in [1.807, 2.05) is 12.1 Å². The van der Waals surface area contributed by atoms with E-state index in [4.69, 9.17) is 22.1 Å². The molecule has 2 rings (SSSR count). The molecule has 2 aromatic rings. The van der Waals surface area contributed by atoms with Crippen LogP contribution in [0.4, 0.5) is 0 Å². The van der Waals surface area contributed by atoms with E-state index in [1.165, 1.54) is 4.68 Å². The molecule has 17 heavy (non-hydrogen) atoms. The number of benzene rings is 1. The predicted octanol–water partition coefficient (Wildman–Crippen LogP) is 2.58. The van der Waals surface area contributed by atoms with Crippen LogP contribution in [-0.4, -0.2) is 9.78 Å². The SMILES string of the molecule is Cc1nn(-c2ccc(C#N)cc2)c(Cl)c1C#N. The number of hydrogen-bond donors (Lipinski definition) is 0. The highest BCUT2D eigenvalue weighted by molar-refractivity contribution is 6.31. The fraction of sp³-hybridized carbons (Fsp3) is 0.0833. The van der Waals surface area contributed by atoms with Crippen molar-refractivity contribution in [3.05, 3.63) is 46.2 Å². The van der Waals surface area contributed by atoms with Gasteiger partial charge in [-0.15, -0.1) is 0 Å². The molecule has 0 radical (unpaired) electrons. The summed E-state index contributed by atoms with van der Waals surface area (Å²) in [5.74, 6) is 0. The van der Waals surface area contributed by atoms with Crippen LogP contribution < -0.4 is 0 Å². The zero-order chi connectivity index (χ0) is 12.4. The van der Waals surface area contributed by atoms with Crippen molar-refractivity contribution in [1.29, 1.82) is 10.5 Å². The Kier molecular flexibility index (Phi) is 2.82. The van der Waals surface area contributed by atoms with Crippen molar-refractivity contribution in [2.75, 3.05) is 0 Å².